The van der Waals surface area contributed by atoms with Crippen LogP contribution in [0.15, 0.2) is 0 Å². The number of halogens is 4. The number of ketones is 1. The normalized spacial score (nSPS) is 22.7. The van der Waals surface area contributed by atoms with Crippen molar-refractivity contribution < 1.29 is 30.8 Å². The fourth-order valence-electron chi connectivity index (χ4n) is 2.01. The van der Waals surface area contributed by atoms with Crippen molar-refractivity contribution in [3.8, 4) is 0 Å². The number of carbonyl (C=O) groups is 1. The van der Waals surface area contributed by atoms with E-state index >= 15 is 0 Å². The van der Waals surface area contributed by atoms with Gasteiger partial charge in [-0.2, -0.15) is 8.78 Å². The molecule has 0 aromatic carbocycles. The number of hydrogen-bond acceptors (Lipinski definition) is 3. The molecule has 0 saturated carbocycles. The smallest absolute Gasteiger partial charge is 0.293 e. The fraction of sp³-hybridized carbons (Fsp3) is 0.900. The quantitative estimate of drug-likeness (QED) is 0.724. The van der Waals surface area contributed by atoms with Gasteiger partial charge in [-0.25, -0.2) is 21.5 Å². The highest BCUT2D eigenvalue weighted by atomic mass is 32.2. The van der Waals surface area contributed by atoms with E-state index in [1.165, 1.54) is 0 Å². The lowest BCUT2D eigenvalue weighted by atomic mass is 9.92. The van der Waals surface area contributed by atoms with Gasteiger partial charge in [-0.15, -0.1) is 0 Å². The van der Waals surface area contributed by atoms with E-state index in [2.05, 4.69) is 0 Å². The van der Waals surface area contributed by atoms with E-state index in [-0.39, 0.29) is 13.1 Å². The Morgan fingerprint density at radius 2 is 2.00 bits per heavy atom. The number of sulfonamides is 1. The fourth-order valence-corrected chi connectivity index (χ4v) is 2.96. The molecule has 0 aromatic heterocycles. The lowest BCUT2D eigenvalue weighted by molar-refractivity contribution is -0.168. The summed E-state index contributed by atoms with van der Waals surface area (Å²) in [6, 6.07) is 0. The number of alkyl halides is 4. The van der Waals surface area contributed by atoms with Gasteiger partial charge in [0.2, 0.25) is 15.8 Å². The van der Waals surface area contributed by atoms with E-state index in [1.54, 1.807) is 0 Å². The van der Waals surface area contributed by atoms with Crippen LogP contribution in [0.25, 0.3) is 0 Å². The maximum absolute atomic E-state index is 12.8. The van der Waals surface area contributed by atoms with Gasteiger partial charge < -0.3 is 0 Å². The van der Waals surface area contributed by atoms with Crippen LogP contribution in [-0.2, 0) is 14.8 Å². The summed E-state index contributed by atoms with van der Waals surface area (Å²) in [7, 11) is -3.46. The Morgan fingerprint density at radius 3 is 2.47 bits per heavy atom. The van der Waals surface area contributed by atoms with Crippen molar-refractivity contribution in [2.75, 3.05) is 19.3 Å². The van der Waals surface area contributed by atoms with E-state index in [0.717, 1.165) is 10.6 Å². The molecule has 0 aliphatic carbocycles. The summed E-state index contributed by atoms with van der Waals surface area (Å²) in [6.07, 6.45) is -2.99. The zero-order valence-electron chi connectivity index (χ0n) is 10.3. The van der Waals surface area contributed by atoms with Gasteiger partial charge in [0, 0.05) is 19.5 Å². The predicted octanol–water partition coefficient (Wildman–Crippen LogP) is 1.52. The molecule has 1 aliphatic rings. The number of Topliss-reactive ketones (excluding diaryl/α,β-unsaturated/α-hetero) is 1. The first-order chi connectivity index (χ1) is 8.55. The van der Waals surface area contributed by atoms with E-state index in [1.807, 2.05) is 0 Å². The molecular formula is C10H15F4NO3S. The molecule has 0 aromatic rings. The van der Waals surface area contributed by atoms with Crippen LogP contribution in [0.4, 0.5) is 17.6 Å². The van der Waals surface area contributed by atoms with Crippen LogP contribution in [0.5, 0.6) is 0 Å². The first kappa shape index (κ1) is 16.4. The molecule has 1 fully saturated rings. The second kappa shape index (κ2) is 5.74. The van der Waals surface area contributed by atoms with E-state index < -0.39 is 40.5 Å². The second-order valence-electron chi connectivity index (χ2n) is 4.68. The predicted molar refractivity (Wildman–Crippen MR) is 59.7 cm³/mol. The molecule has 4 nitrogen and oxygen atoms in total. The monoisotopic (exact) mass is 305 g/mol. The first-order valence-electron chi connectivity index (χ1n) is 5.69. The Morgan fingerprint density at radius 1 is 1.42 bits per heavy atom. The number of carbonyl (C=O) groups excluding carboxylic acids is 1. The molecule has 1 atom stereocenters. The van der Waals surface area contributed by atoms with Gasteiger partial charge in [0.25, 0.3) is 0 Å². The number of nitrogens with zero attached hydrogens (tertiary/aromatic N) is 1. The minimum Gasteiger partial charge on any atom is -0.293 e. The summed E-state index contributed by atoms with van der Waals surface area (Å²) >= 11 is 0. The first-order valence-corrected chi connectivity index (χ1v) is 7.54. The largest absolute Gasteiger partial charge is 0.364 e. The van der Waals surface area contributed by atoms with Crippen LogP contribution >= 0.6 is 0 Å². The standard InChI is InChI=1S/C10H15F4NO3S/c1-19(17,18)15-4-2-3-7(6-15)5-8(16)10(13,14)9(11)12/h7,9H,2-6H2,1H3. The maximum atomic E-state index is 12.8. The van der Waals surface area contributed by atoms with Crippen molar-refractivity contribution in [2.45, 2.75) is 31.6 Å². The third kappa shape index (κ3) is 4.13. The Bertz CT molecular complexity index is 438. The van der Waals surface area contributed by atoms with Crippen LogP contribution < -0.4 is 0 Å². The van der Waals surface area contributed by atoms with E-state index in [4.69, 9.17) is 0 Å². The molecule has 0 amide bonds. The Balaban J connectivity index is 2.66. The van der Waals surface area contributed by atoms with Gasteiger partial charge in [-0.3, -0.25) is 4.79 Å². The Labute approximate surface area is 108 Å². The minimum absolute atomic E-state index is 0.0795. The molecule has 1 rings (SSSR count). The van der Waals surface area contributed by atoms with Crippen molar-refractivity contribution in [3.05, 3.63) is 0 Å². The summed E-state index contributed by atoms with van der Waals surface area (Å²) in [5.74, 6) is -7.13. The van der Waals surface area contributed by atoms with Crippen LogP contribution in [0, 0.1) is 5.92 Å². The molecular weight excluding hydrogens is 290 g/mol. The average molecular weight is 305 g/mol. The summed E-state index contributed by atoms with van der Waals surface area (Å²) < 4.78 is 73.3. The van der Waals surface area contributed by atoms with Crippen LogP contribution in [0.2, 0.25) is 0 Å². The van der Waals surface area contributed by atoms with Gasteiger partial charge in [0.05, 0.1) is 6.26 Å². The lowest BCUT2D eigenvalue weighted by Gasteiger charge is -2.31. The van der Waals surface area contributed by atoms with Gasteiger partial charge in [0.1, 0.15) is 0 Å². The average Bonchev–Trinajstić information content (AvgIpc) is 2.27. The SMILES string of the molecule is CS(=O)(=O)N1CCCC(CC(=O)C(F)(F)C(F)F)C1. The molecule has 1 saturated heterocycles. The van der Waals surface area contributed by atoms with Gasteiger partial charge >= 0.3 is 12.3 Å². The number of rotatable bonds is 5. The maximum Gasteiger partial charge on any atom is 0.364 e. The third-order valence-electron chi connectivity index (χ3n) is 3.07. The molecule has 0 radical (unpaired) electrons. The second-order valence-corrected chi connectivity index (χ2v) is 6.66. The van der Waals surface area contributed by atoms with Crippen molar-refractivity contribution in [1.29, 1.82) is 0 Å². The molecule has 1 aliphatic heterocycles. The molecule has 0 spiro atoms. The number of hydrogen-bond donors (Lipinski definition) is 0. The lowest BCUT2D eigenvalue weighted by Crippen LogP contribution is -2.43. The van der Waals surface area contributed by atoms with E-state index in [9.17, 15) is 30.8 Å². The van der Waals surface area contributed by atoms with Gasteiger partial charge in [-0.1, -0.05) is 0 Å². The van der Waals surface area contributed by atoms with Crippen LogP contribution in [0.3, 0.4) is 0 Å². The van der Waals surface area contributed by atoms with Crippen LogP contribution in [0.1, 0.15) is 19.3 Å². The van der Waals surface area contributed by atoms with Crippen molar-refractivity contribution in [2.24, 2.45) is 5.92 Å². The molecule has 0 N–H and O–H groups in total. The molecule has 19 heavy (non-hydrogen) atoms. The van der Waals surface area contributed by atoms with Crippen molar-refractivity contribution in [3.63, 3.8) is 0 Å². The highest BCUT2D eigenvalue weighted by Crippen LogP contribution is 2.29. The van der Waals surface area contributed by atoms with Crippen LogP contribution in [-0.4, -0.2) is 50.2 Å². The zero-order chi connectivity index (χ0) is 14.8. The third-order valence-corrected chi connectivity index (χ3v) is 4.34. The molecule has 9 heteroatoms. The van der Waals surface area contributed by atoms with Crippen molar-refractivity contribution in [1.82, 2.24) is 4.31 Å². The van der Waals surface area contributed by atoms with Gasteiger partial charge in [-0.05, 0) is 18.8 Å². The zero-order valence-corrected chi connectivity index (χ0v) is 11.1. The molecule has 1 unspecified atom stereocenters. The number of piperidine rings is 1. The summed E-state index contributed by atoms with van der Waals surface area (Å²) in [5, 5.41) is 0. The molecule has 0 bridgehead atoms. The minimum atomic E-state index is -4.66. The summed E-state index contributed by atoms with van der Waals surface area (Å²) in [6.45, 7) is 0.179. The van der Waals surface area contributed by atoms with Crippen molar-refractivity contribution >= 4 is 15.8 Å². The highest BCUT2D eigenvalue weighted by Gasteiger charge is 2.48. The summed E-state index contributed by atoms with van der Waals surface area (Å²) in [5.41, 5.74) is 0. The highest BCUT2D eigenvalue weighted by molar-refractivity contribution is 7.88. The topological polar surface area (TPSA) is 54.5 Å². The Kier molecular flexibility index (Phi) is 4.94. The molecule has 112 valence electrons. The van der Waals surface area contributed by atoms with Gasteiger partial charge in [0.15, 0.2) is 0 Å². The molecule has 1 heterocycles. The summed E-state index contributed by atoms with van der Waals surface area (Å²) in [4.78, 5) is 11.1. The van der Waals surface area contributed by atoms with E-state index in [0.29, 0.717) is 12.8 Å². The Hall–Kier alpha value is -0.700.